The topological polar surface area (TPSA) is 68.0 Å². The molecule has 6 heteroatoms. The Morgan fingerprint density at radius 1 is 1.32 bits per heavy atom. The van der Waals surface area contributed by atoms with Gasteiger partial charge in [-0.25, -0.2) is 9.67 Å². The van der Waals surface area contributed by atoms with Crippen LogP contribution in [0.15, 0.2) is 46.8 Å². The summed E-state index contributed by atoms with van der Waals surface area (Å²) >= 11 is 1.28. The molecule has 0 saturated carbocycles. The third-order valence-electron chi connectivity index (χ3n) is 2.87. The molecule has 0 fully saturated rings. The molecule has 0 unspecified atom stereocenters. The Hall–Kier alpha value is -2.05. The summed E-state index contributed by atoms with van der Waals surface area (Å²) in [6.45, 7) is 0.136. The highest BCUT2D eigenvalue weighted by atomic mass is 32.1. The second-order valence-electron chi connectivity index (χ2n) is 4.13. The predicted octanol–water partition coefficient (Wildman–Crippen LogP) is 1.59. The van der Waals surface area contributed by atoms with E-state index in [9.17, 15) is 9.90 Å². The molecule has 0 aliphatic carbocycles. The maximum absolute atomic E-state index is 12.1. The van der Waals surface area contributed by atoms with E-state index in [-0.39, 0.29) is 12.1 Å². The monoisotopic (exact) mass is 273 g/mol. The molecule has 0 saturated heterocycles. The van der Waals surface area contributed by atoms with Gasteiger partial charge in [0.2, 0.25) is 0 Å². The SMILES string of the molecule is O=c1c2scnc2cnn1C[C@@H](O)c1ccccc1. The summed E-state index contributed by atoms with van der Waals surface area (Å²) < 4.78 is 1.84. The summed E-state index contributed by atoms with van der Waals surface area (Å²) in [5, 5.41) is 14.1. The lowest BCUT2D eigenvalue weighted by Crippen LogP contribution is -2.25. The van der Waals surface area contributed by atoms with Crippen LogP contribution in [-0.4, -0.2) is 19.9 Å². The van der Waals surface area contributed by atoms with Crippen LogP contribution in [0.1, 0.15) is 11.7 Å². The van der Waals surface area contributed by atoms with E-state index in [2.05, 4.69) is 10.1 Å². The van der Waals surface area contributed by atoms with Crippen LogP contribution in [0.25, 0.3) is 10.2 Å². The van der Waals surface area contributed by atoms with Gasteiger partial charge in [0, 0.05) is 0 Å². The number of benzene rings is 1. The van der Waals surface area contributed by atoms with E-state index in [4.69, 9.17) is 0 Å². The molecule has 2 aromatic heterocycles. The van der Waals surface area contributed by atoms with Crippen molar-refractivity contribution < 1.29 is 5.11 Å². The summed E-state index contributed by atoms with van der Waals surface area (Å²) in [6, 6.07) is 9.22. The summed E-state index contributed by atoms with van der Waals surface area (Å²) in [5.74, 6) is 0. The van der Waals surface area contributed by atoms with Crippen LogP contribution in [0.3, 0.4) is 0 Å². The molecule has 1 atom stereocenters. The van der Waals surface area contributed by atoms with Gasteiger partial charge in [-0.05, 0) is 5.56 Å². The number of hydrogen-bond donors (Lipinski definition) is 1. The highest BCUT2D eigenvalue weighted by Gasteiger charge is 2.12. The maximum atomic E-state index is 12.1. The van der Waals surface area contributed by atoms with Gasteiger partial charge in [0.25, 0.3) is 5.56 Å². The van der Waals surface area contributed by atoms with Crippen LogP contribution in [0, 0.1) is 0 Å². The van der Waals surface area contributed by atoms with Crippen molar-refractivity contribution in [1.29, 1.82) is 0 Å². The van der Waals surface area contributed by atoms with Gasteiger partial charge in [-0.15, -0.1) is 11.3 Å². The molecule has 3 aromatic rings. The number of fused-ring (bicyclic) bond motifs is 1. The van der Waals surface area contributed by atoms with Crippen LogP contribution >= 0.6 is 11.3 Å². The Bertz CT molecular complexity index is 751. The summed E-state index contributed by atoms with van der Waals surface area (Å²) in [7, 11) is 0. The maximum Gasteiger partial charge on any atom is 0.286 e. The number of rotatable bonds is 3. The molecule has 2 heterocycles. The number of aliphatic hydroxyl groups is 1. The highest BCUT2D eigenvalue weighted by Crippen LogP contribution is 2.15. The number of nitrogens with zero attached hydrogens (tertiary/aromatic N) is 3. The Morgan fingerprint density at radius 2 is 2.11 bits per heavy atom. The van der Waals surface area contributed by atoms with E-state index in [1.807, 2.05) is 30.3 Å². The fourth-order valence-electron chi connectivity index (χ4n) is 1.88. The first-order valence-electron chi connectivity index (χ1n) is 5.78. The largest absolute Gasteiger partial charge is 0.386 e. The molecule has 0 spiro atoms. The highest BCUT2D eigenvalue weighted by molar-refractivity contribution is 7.16. The molecule has 0 aliphatic heterocycles. The molecule has 0 amide bonds. The standard InChI is InChI=1S/C13H11N3O2S/c17-11(9-4-2-1-3-5-9)7-16-13(18)12-10(6-15-16)14-8-19-12/h1-6,8,11,17H,7H2/t11-/m1/s1. The van der Waals surface area contributed by atoms with Gasteiger partial charge in [-0.1, -0.05) is 30.3 Å². The van der Waals surface area contributed by atoms with E-state index >= 15 is 0 Å². The van der Waals surface area contributed by atoms with E-state index in [0.717, 1.165) is 5.56 Å². The minimum Gasteiger partial charge on any atom is -0.386 e. The number of hydrogen-bond acceptors (Lipinski definition) is 5. The minimum absolute atomic E-state index is 0.136. The first-order valence-corrected chi connectivity index (χ1v) is 6.66. The molecule has 3 rings (SSSR count). The van der Waals surface area contributed by atoms with Gasteiger partial charge >= 0.3 is 0 Å². The van der Waals surface area contributed by atoms with Crippen molar-refractivity contribution in [2.24, 2.45) is 0 Å². The molecule has 1 N–H and O–H groups in total. The van der Waals surface area contributed by atoms with Crippen molar-refractivity contribution in [1.82, 2.24) is 14.8 Å². The second-order valence-corrected chi connectivity index (χ2v) is 4.98. The van der Waals surface area contributed by atoms with E-state index < -0.39 is 6.10 Å². The van der Waals surface area contributed by atoms with Crippen molar-refractivity contribution in [2.75, 3.05) is 0 Å². The summed E-state index contributed by atoms with van der Waals surface area (Å²) in [4.78, 5) is 16.2. The zero-order chi connectivity index (χ0) is 13.2. The zero-order valence-corrected chi connectivity index (χ0v) is 10.7. The Balaban J connectivity index is 1.93. The number of aromatic nitrogens is 3. The summed E-state index contributed by atoms with van der Waals surface area (Å²) in [6.07, 6.45) is 0.794. The van der Waals surface area contributed by atoms with E-state index in [1.165, 1.54) is 16.0 Å². The lowest BCUT2D eigenvalue weighted by atomic mass is 10.1. The first kappa shape index (κ1) is 12.0. The number of thiazole rings is 1. The van der Waals surface area contributed by atoms with Crippen molar-refractivity contribution in [3.05, 3.63) is 58.0 Å². The fourth-order valence-corrected chi connectivity index (χ4v) is 2.58. The third kappa shape index (κ3) is 2.27. The third-order valence-corrected chi connectivity index (χ3v) is 3.70. The molecular weight excluding hydrogens is 262 g/mol. The predicted molar refractivity (Wildman–Crippen MR) is 73.1 cm³/mol. The molecule has 0 radical (unpaired) electrons. The molecule has 5 nitrogen and oxygen atoms in total. The van der Waals surface area contributed by atoms with Gasteiger partial charge in [-0.3, -0.25) is 4.79 Å². The van der Waals surface area contributed by atoms with Crippen molar-refractivity contribution >= 4 is 21.6 Å². The van der Waals surface area contributed by atoms with Crippen LogP contribution in [-0.2, 0) is 6.54 Å². The Labute approximate surface area is 112 Å². The first-order chi connectivity index (χ1) is 9.25. The Morgan fingerprint density at radius 3 is 2.89 bits per heavy atom. The fraction of sp³-hybridized carbons (Fsp3) is 0.154. The van der Waals surface area contributed by atoms with Crippen LogP contribution < -0.4 is 5.56 Å². The number of aliphatic hydroxyl groups excluding tert-OH is 1. The van der Waals surface area contributed by atoms with Gasteiger partial charge in [-0.2, -0.15) is 5.10 Å². The van der Waals surface area contributed by atoms with Gasteiger partial charge in [0.1, 0.15) is 10.2 Å². The van der Waals surface area contributed by atoms with Gasteiger partial charge in [0.15, 0.2) is 0 Å². The van der Waals surface area contributed by atoms with Gasteiger partial charge < -0.3 is 5.11 Å². The second kappa shape index (κ2) is 4.91. The molecule has 0 bridgehead atoms. The quantitative estimate of drug-likeness (QED) is 0.787. The van der Waals surface area contributed by atoms with Crippen molar-refractivity contribution in [2.45, 2.75) is 12.6 Å². The van der Waals surface area contributed by atoms with Crippen molar-refractivity contribution in [3.8, 4) is 0 Å². The molecule has 96 valence electrons. The van der Waals surface area contributed by atoms with E-state index in [1.54, 1.807) is 11.7 Å². The molecular formula is C13H11N3O2S. The normalized spacial score (nSPS) is 12.7. The lowest BCUT2D eigenvalue weighted by Gasteiger charge is -2.11. The zero-order valence-electron chi connectivity index (χ0n) is 9.93. The average Bonchev–Trinajstić information content (AvgIpc) is 2.92. The van der Waals surface area contributed by atoms with Crippen LogP contribution in [0.5, 0.6) is 0 Å². The molecule has 0 aliphatic rings. The smallest absolute Gasteiger partial charge is 0.286 e. The minimum atomic E-state index is -0.753. The van der Waals surface area contributed by atoms with E-state index in [0.29, 0.717) is 10.2 Å². The lowest BCUT2D eigenvalue weighted by molar-refractivity contribution is 0.149. The van der Waals surface area contributed by atoms with Crippen LogP contribution in [0.2, 0.25) is 0 Å². The average molecular weight is 273 g/mol. The van der Waals surface area contributed by atoms with Crippen LogP contribution in [0.4, 0.5) is 0 Å². The molecule has 1 aromatic carbocycles. The summed E-state index contributed by atoms with van der Waals surface area (Å²) in [5.41, 5.74) is 2.77. The Kier molecular flexibility index (Phi) is 3.10. The van der Waals surface area contributed by atoms with Gasteiger partial charge in [0.05, 0.1) is 24.4 Å². The molecule has 19 heavy (non-hydrogen) atoms. The van der Waals surface area contributed by atoms with Crippen molar-refractivity contribution in [3.63, 3.8) is 0 Å².